The van der Waals surface area contributed by atoms with Gasteiger partial charge in [-0.3, -0.25) is 14.9 Å². The van der Waals surface area contributed by atoms with Crippen LogP contribution < -0.4 is 10.6 Å². The zero-order chi connectivity index (χ0) is 19.4. The highest BCUT2D eigenvalue weighted by Crippen LogP contribution is 2.21. The van der Waals surface area contributed by atoms with Crippen LogP contribution in [0.15, 0.2) is 47.8 Å². The van der Waals surface area contributed by atoms with Gasteiger partial charge in [-0.25, -0.2) is 4.98 Å². The van der Waals surface area contributed by atoms with Crippen LogP contribution in [0.25, 0.3) is 0 Å². The molecule has 138 valence electrons. The monoisotopic (exact) mass is 419 g/mol. The van der Waals surface area contributed by atoms with Crippen LogP contribution in [-0.2, 0) is 11.2 Å². The Morgan fingerprint density at radius 1 is 1.07 bits per heavy atom. The summed E-state index contributed by atoms with van der Waals surface area (Å²) in [6.45, 7) is 1.89. The molecule has 0 atom stereocenters. The van der Waals surface area contributed by atoms with E-state index in [-0.39, 0.29) is 18.2 Å². The van der Waals surface area contributed by atoms with Gasteiger partial charge in [-0.15, -0.1) is 11.3 Å². The Hall–Kier alpha value is -2.41. The Labute approximate surface area is 170 Å². The SMILES string of the molecule is Cc1ccc(NC(=O)Cc2csc(NC(=O)c3ccc(Cl)cc3)n2)cc1Cl. The molecule has 0 aliphatic carbocycles. The van der Waals surface area contributed by atoms with E-state index in [0.29, 0.717) is 32.1 Å². The summed E-state index contributed by atoms with van der Waals surface area (Å²) in [5.74, 6) is -0.498. The quantitative estimate of drug-likeness (QED) is 0.597. The van der Waals surface area contributed by atoms with Gasteiger partial charge in [0.15, 0.2) is 5.13 Å². The third kappa shape index (κ3) is 5.29. The number of nitrogens with one attached hydrogen (secondary N) is 2. The number of carbonyl (C=O) groups excluding carboxylic acids is 2. The van der Waals surface area contributed by atoms with Crippen LogP contribution in [0.1, 0.15) is 21.6 Å². The lowest BCUT2D eigenvalue weighted by molar-refractivity contribution is -0.115. The summed E-state index contributed by atoms with van der Waals surface area (Å²) in [6.07, 6.45) is 0.0960. The van der Waals surface area contributed by atoms with E-state index < -0.39 is 0 Å². The van der Waals surface area contributed by atoms with Crippen molar-refractivity contribution in [2.24, 2.45) is 0 Å². The van der Waals surface area contributed by atoms with Crippen molar-refractivity contribution < 1.29 is 9.59 Å². The van der Waals surface area contributed by atoms with E-state index in [1.807, 2.05) is 13.0 Å². The van der Waals surface area contributed by atoms with Crippen molar-refractivity contribution in [1.29, 1.82) is 0 Å². The molecule has 0 aliphatic heterocycles. The molecular formula is C19H15Cl2N3O2S. The van der Waals surface area contributed by atoms with Gasteiger partial charge in [-0.2, -0.15) is 0 Å². The summed E-state index contributed by atoms with van der Waals surface area (Å²) in [5.41, 5.74) is 2.62. The standard InChI is InChI=1S/C19H15Cl2N3O2S/c1-11-2-7-14(8-16(11)21)22-17(25)9-15-10-27-19(23-15)24-18(26)12-3-5-13(20)6-4-12/h2-8,10H,9H2,1H3,(H,22,25)(H,23,24,26). The molecule has 0 unspecified atom stereocenters. The highest BCUT2D eigenvalue weighted by atomic mass is 35.5. The number of aryl methyl sites for hydroxylation is 1. The van der Waals surface area contributed by atoms with E-state index in [9.17, 15) is 9.59 Å². The van der Waals surface area contributed by atoms with Crippen molar-refractivity contribution in [3.8, 4) is 0 Å². The van der Waals surface area contributed by atoms with E-state index in [0.717, 1.165) is 5.56 Å². The number of nitrogens with zero attached hydrogens (tertiary/aromatic N) is 1. The molecule has 0 saturated carbocycles. The highest BCUT2D eigenvalue weighted by Gasteiger charge is 2.12. The number of carbonyl (C=O) groups is 2. The minimum absolute atomic E-state index is 0.0960. The molecule has 2 N–H and O–H groups in total. The van der Waals surface area contributed by atoms with Crippen LogP contribution in [0.2, 0.25) is 10.0 Å². The average molecular weight is 420 g/mol. The van der Waals surface area contributed by atoms with E-state index in [1.54, 1.807) is 41.8 Å². The number of rotatable bonds is 5. The smallest absolute Gasteiger partial charge is 0.257 e. The fourth-order valence-corrected chi connectivity index (χ4v) is 3.27. The van der Waals surface area contributed by atoms with Gasteiger partial charge in [0.25, 0.3) is 5.91 Å². The Morgan fingerprint density at radius 2 is 1.81 bits per heavy atom. The number of benzene rings is 2. The van der Waals surface area contributed by atoms with Gasteiger partial charge in [-0.05, 0) is 48.9 Å². The summed E-state index contributed by atoms with van der Waals surface area (Å²) in [6, 6.07) is 11.9. The molecular weight excluding hydrogens is 405 g/mol. The summed E-state index contributed by atoms with van der Waals surface area (Å²) < 4.78 is 0. The maximum Gasteiger partial charge on any atom is 0.257 e. The van der Waals surface area contributed by atoms with Gasteiger partial charge in [0.05, 0.1) is 12.1 Å². The molecule has 2 amide bonds. The van der Waals surface area contributed by atoms with E-state index in [1.165, 1.54) is 11.3 Å². The van der Waals surface area contributed by atoms with Crippen LogP contribution in [0.3, 0.4) is 0 Å². The van der Waals surface area contributed by atoms with Crippen LogP contribution in [0, 0.1) is 6.92 Å². The highest BCUT2D eigenvalue weighted by molar-refractivity contribution is 7.14. The largest absolute Gasteiger partial charge is 0.326 e. The fourth-order valence-electron chi connectivity index (χ4n) is 2.26. The molecule has 27 heavy (non-hydrogen) atoms. The molecule has 3 aromatic rings. The van der Waals surface area contributed by atoms with Crippen molar-refractivity contribution >= 4 is 57.2 Å². The Kier molecular flexibility index (Phi) is 6.11. The molecule has 1 aromatic heterocycles. The molecule has 0 saturated heterocycles. The van der Waals surface area contributed by atoms with Crippen molar-refractivity contribution in [2.45, 2.75) is 13.3 Å². The van der Waals surface area contributed by atoms with Gasteiger partial charge in [0.1, 0.15) is 0 Å². The van der Waals surface area contributed by atoms with Gasteiger partial charge in [0, 0.05) is 26.7 Å². The third-order valence-corrected chi connectivity index (χ3v) is 5.14. The van der Waals surface area contributed by atoms with Crippen molar-refractivity contribution in [3.05, 3.63) is 74.7 Å². The Bertz CT molecular complexity index is 987. The molecule has 0 fully saturated rings. The first kappa shape index (κ1) is 19.4. The fraction of sp³-hybridized carbons (Fsp3) is 0.105. The lowest BCUT2D eigenvalue weighted by Crippen LogP contribution is -2.15. The van der Waals surface area contributed by atoms with Crippen molar-refractivity contribution in [1.82, 2.24) is 4.98 Å². The Morgan fingerprint density at radius 3 is 2.52 bits per heavy atom. The molecule has 0 aliphatic rings. The molecule has 1 heterocycles. The van der Waals surface area contributed by atoms with Crippen LogP contribution >= 0.6 is 34.5 Å². The second-order valence-electron chi connectivity index (χ2n) is 5.79. The zero-order valence-electron chi connectivity index (χ0n) is 14.3. The zero-order valence-corrected chi connectivity index (χ0v) is 16.6. The number of halogens is 2. The number of hydrogen-bond donors (Lipinski definition) is 2. The second kappa shape index (κ2) is 8.52. The first-order valence-corrected chi connectivity index (χ1v) is 9.61. The lowest BCUT2D eigenvalue weighted by Gasteiger charge is -2.06. The van der Waals surface area contributed by atoms with Crippen LogP contribution in [0.5, 0.6) is 0 Å². The van der Waals surface area contributed by atoms with Crippen molar-refractivity contribution in [3.63, 3.8) is 0 Å². The molecule has 8 heteroatoms. The normalized spacial score (nSPS) is 10.5. The molecule has 3 rings (SSSR count). The second-order valence-corrected chi connectivity index (χ2v) is 7.50. The van der Waals surface area contributed by atoms with E-state index >= 15 is 0 Å². The third-order valence-electron chi connectivity index (χ3n) is 3.68. The lowest BCUT2D eigenvalue weighted by atomic mass is 10.2. The first-order chi connectivity index (χ1) is 12.9. The van der Waals surface area contributed by atoms with E-state index in [2.05, 4.69) is 15.6 Å². The summed E-state index contributed by atoms with van der Waals surface area (Å²) in [4.78, 5) is 28.6. The van der Waals surface area contributed by atoms with Gasteiger partial charge >= 0.3 is 0 Å². The molecule has 2 aromatic carbocycles. The number of anilines is 2. The molecule has 0 spiro atoms. The number of amides is 2. The minimum atomic E-state index is -0.286. The predicted molar refractivity (Wildman–Crippen MR) is 110 cm³/mol. The molecule has 5 nitrogen and oxygen atoms in total. The Balaban J connectivity index is 1.58. The average Bonchev–Trinajstić information content (AvgIpc) is 3.05. The van der Waals surface area contributed by atoms with Crippen LogP contribution in [-0.4, -0.2) is 16.8 Å². The summed E-state index contributed by atoms with van der Waals surface area (Å²) in [7, 11) is 0. The van der Waals surface area contributed by atoms with Gasteiger partial charge < -0.3 is 5.32 Å². The number of aromatic nitrogens is 1. The predicted octanol–water partition coefficient (Wildman–Crippen LogP) is 5.19. The maximum absolute atomic E-state index is 12.2. The van der Waals surface area contributed by atoms with Gasteiger partial charge in [0.2, 0.25) is 5.91 Å². The van der Waals surface area contributed by atoms with Crippen molar-refractivity contribution in [2.75, 3.05) is 10.6 Å². The topological polar surface area (TPSA) is 71.1 Å². The van der Waals surface area contributed by atoms with E-state index in [4.69, 9.17) is 23.2 Å². The number of hydrogen-bond acceptors (Lipinski definition) is 4. The molecule has 0 bridgehead atoms. The summed E-state index contributed by atoms with van der Waals surface area (Å²) >= 11 is 13.1. The maximum atomic E-state index is 12.2. The number of thiazole rings is 1. The summed E-state index contributed by atoms with van der Waals surface area (Å²) in [5, 5.41) is 8.80. The van der Waals surface area contributed by atoms with Gasteiger partial charge in [-0.1, -0.05) is 29.3 Å². The molecule has 0 radical (unpaired) electrons. The first-order valence-electron chi connectivity index (χ1n) is 7.98. The minimum Gasteiger partial charge on any atom is -0.326 e. The van der Waals surface area contributed by atoms with Crippen LogP contribution in [0.4, 0.5) is 10.8 Å².